The van der Waals surface area contributed by atoms with Crippen LogP contribution in [0.2, 0.25) is 0 Å². The molecule has 2 aromatic heterocycles. The Bertz CT molecular complexity index is 869. The zero-order valence-electron chi connectivity index (χ0n) is 15.4. The summed E-state index contributed by atoms with van der Waals surface area (Å²) in [5.41, 5.74) is 8.54. The van der Waals surface area contributed by atoms with E-state index in [4.69, 9.17) is 25.2 Å². The third kappa shape index (κ3) is 2.87. The van der Waals surface area contributed by atoms with Gasteiger partial charge < -0.3 is 25.0 Å². The first-order chi connectivity index (χ1) is 13.2. The van der Waals surface area contributed by atoms with Gasteiger partial charge in [-0.3, -0.25) is 0 Å². The lowest BCUT2D eigenvalue weighted by molar-refractivity contribution is 0.0973. The van der Waals surface area contributed by atoms with Gasteiger partial charge in [0, 0.05) is 37.8 Å². The number of aryl methyl sites for hydroxylation is 1. The molecule has 0 spiro atoms. The highest BCUT2D eigenvalue weighted by Crippen LogP contribution is 2.39. The molecule has 9 heteroatoms. The van der Waals surface area contributed by atoms with Crippen LogP contribution in [0.5, 0.6) is 0 Å². The highest BCUT2D eigenvalue weighted by atomic mass is 16.5. The number of nitrogen functional groups attached to an aromatic ring is 1. The predicted octanol–water partition coefficient (Wildman–Crippen LogP) is 0.422. The molecule has 27 heavy (non-hydrogen) atoms. The first-order valence-electron chi connectivity index (χ1n) is 9.38. The third-order valence-corrected chi connectivity index (χ3v) is 5.45. The quantitative estimate of drug-likeness (QED) is 0.807. The standard InChI is InChI=1S/C18H23N7O2/c1-11-14(9-20-18(19)21-11)15-22-16(24-2-5-26-6-3-24)13-8-12-10-27-7-4-25(12)17(13)23-15/h9,12H,2-8,10H2,1H3,(H2,19,20,21)/t12-/m0/s1. The summed E-state index contributed by atoms with van der Waals surface area (Å²) in [5.74, 6) is 2.94. The summed E-state index contributed by atoms with van der Waals surface area (Å²) in [6.45, 7) is 7.33. The normalized spacial score (nSPS) is 21.9. The van der Waals surface area contributed by atoms with Crippen molar-refractivity contribution in [1.29, 1.82) is 0 Å². The Morgan fingerprint density at radius 1 is 1.04 bits per heavy atom. The molecule has 5 rings (SSSR count). The van der Waals surface area contributed by atoms with E-state index in [0.717, 1.165) is 62.2 Å². The molecule has 2 fully saturated rings. The molecule has 0 amide bonds. The summed E-state index contributed by atoms with van der Waals surface area (Å²) < 4.78 is 11.2. The van der Waals surface area contributed by atoms with Crippen molar-refractivity contribution in [3.63, 3.8) is 0 Å². The van der Waals surface area contributed by atoms with Crippen molar-refractivity contribution in [2.24, 2.45) is 0 Å². The van der Waals surface area contributed by atoms with E-state index < -0.39 is 0 Å². The van der Waals surface area contributed by atoms with Crippen molar-refractivity contribution >= 4 is 17.6 Å². The van der Waals surface area contributed by atoms with Crippen LogP contribution in [0.15, 0.2) is 6.20 Å². The van der Waals surface area contributed by atoms with Gasteiger partial charge in [0.2, 0.25) is 5.95 Å². The maximum Gasteiger partial charge on any atom is 0.220 e. The van der Waals surface area contributed by atoms with E-state index in [2.05, 4.69) is 19.8 Å². The molecule has 2 aromatic rings. The lowest BCUT2D eigenvalue weighted by Crippen LogP contribution is -2.43. The highest BCUT2D eigenvalue weighted by Gasteiger charge is 2.37. The predicted molar refractivity (Wildman–Crippen MR) is 101 cm³/mol. The van der Waals surface area contributed by atoms with Crippen molar-refractivity contribution < 1.29 is 9.47 Å². The summed E-state index contributed by atoms with van der Waals surface area (Å²) in [4.78, 5) is 23.0. The molecule has 2 N–H and O–H groups in total. The molecule has 1 atom stereocenters. The number of fused-ring (bicyclic) bond motifs is 3. The average molecular weight is 369 g/mol. The number of rotatable bonds is 2. The van der Waals surface area contributed by atoms with Crippen LogP contribution in [0, 0.1) is 6.92 Å². The minimum absolute atomic E-state index is 0.263. The van der Waals surface area contributed by atoms with Crippen LogP contribution >= 0.6 is 0 Å². The molecule has 5 heterocycles. The minimum atomic E-state index is 0.263. The fourth-order valence-electron chi connectivity index (χ4n) is 4.08. The van der Waals surface area contributed by atoms with Crippen molar-refractivity contribution in [3.05, 3.63) is 17.5 Å². The van der Waals surface area contributed by atoms with Crippen LogP contribution in [-0.2, 0) is 15.9 Å². The van der Waals surface area contributed by atoms with E-state index in [-0.39, 0.29) is 5.95 Å². The second kappa shape index (κ2) is 6.58. The number of morpholine rings is 2. The topological polar surface area (TPSA) is 103 Å². The molecular formula is C18H23N7O2. The van der Waals surface area contributed by atoms with Gasteiger partial charge in [-0.2, -0.15) is 0 Å². The Kier molecular flexibility index (Phi) is 4.05. The van der Waals surface area contributed by atoms with Crippen LogP contribution in [0.25, 0.3) is 11.4 Å². The summed E-state index contributed by atoms with van der Waals surface area (Å²) in [5, 5.41) is 0. The average Bonchev–Trinajstić information content (AvgIpc) is 3.07. The lowest BCUT2D eigenvalue weighted by Gasteiger charge is -2.31. The summed E-state index contributed by atoms with van der Waals surface area (Å²) >= 11 is 0. The van der Waals surface area contributed by atoms with Crippen molar-refractivity contribution in [3.8, 4) is 11.4 Å². The molecular weight excluding hydrogens is 346 g/mol. The molecule has 0 aliphatic carbocycles. The van der Waals surface area contributed by atoms with Crippen LogP contribution in [0.1, 0.15) is 11.3 Å². The zero-order valence-corrected chi connectivity index (χ0v) is 15.4. The van der Waals surface area contributed by atoms with Gasteiger partial charge in [0.25, 0.3) is 0 Å². The maximum absolute atomic E-state index is 5.72. The minimum Gasteiger partial charge on any atom is -0.378 e. The van der Waals surface area contributed by atoms with Gasteiger partial charge in [0.15, 0.2) is 5.82 Å². The molecule has 0 saturated carbocycles. The Morgan fingerprint density at radius 3 is 2.63 bits per heavy atom. The fourth-order valence-corrected chi connectivity index (χ4v) is 4.08. The monoisotopic (exact) mass is 369 g/mol. The number of nitrogens with zero attached hydrogens (tertiary/aromatic N) is 6. The van der Waals surface area contributed by atoms with Crippen molar-refractivity contribution in [2.45, 2.75) is 19.4 Å². The van der Waals surface area contributed by atoms with Gasteiger partial charge in [0.05, 0.1) is 43.7 Å². The molecule has 9 nitrogen and oxygen atoms in total. The molecule has 142 valence electrons. The number of nitrogens with two attached hydrogens (primary N) is 1. The summed E-state index contributed by atoms with van der Waals surface area (Å²) in [6.07, 6.45) is 2.63. The molecule has 0 radical (unpaired) electrons. The molecule has 3 aliphatic rings. The largest absolute Gasteiger partial charge is 0.378 e. The van der Waals surface area contributed by atoms with Gasteiger partial charge in [0.1, 0.15) is 11.6 Å². The van der Waals surface area contributed by atoms with E-state index in [1.807, 2.05) is 6.92 Å². The van der Waals surface area contributed by atoms with Crippen LogP contribution in [-0.4, -0.2) is 72.0 Å². The lowest BCUT2D eigenvalue weighted by atomic mass is 10.1. The highest BCUT2D eigenvalue weighted by molar-refractivity contribution is 5.71. The molecule has 2 saturated heterocycles. The van der Waals surface area contributed by atoms with Crippen LogP contribution < -0.4 is 15.5 Å². The van der Waals surface area contributed by atoms with Gasteiger partial charge in [-0.1, -0.05) is 0 Å². The Morgan fingerprint density at radius 2 is 1.81 bits per heavy atom. The third-order valence-electron chi connectivity index (χ3n) is 5.45. The first-order valence-corrected chi connectivity index (χ1v) is 9.38. The van der Waals surface area contributed by atoms with E-state index in [1.54, 1.807) is 6.20 Å². The first kappa shape index (κ1) is 16.6. The van der Waals surface area contributed by atoms with Crippen molar-refractivity contribution in [1.82, 2.24) is 19.9 Å². The van der Waals surface area contributed by atoms with Crippen molar-refractivity contribution in [2.75, 3.05) is 61.6 Å². The summed E-state index contributed by atoms with van der Waals surface area (Å²) in [7, 11) is 0. The van der Waals surface area contributed by atoms with Gasteiger partial charge >= 0.3 is 0 Å². The summed E-state index contributed by atoms with van der Waals surface area (Å²) in [6, 6.07) is 0.335. The Balaban J connectivity index is 1.64. The van der Waals surface area contributed by atoms with E-state index in [9.17, 15) is 0 Å². The Labute approximate surface area is 157 Å². The number of ether oxygens (including phenoxy) is 2. The van der Waals surface area contributed by atoms with Crippen LogP contribution in [0.3, 0.4) is 0 Å². The maximum atomic E-state index is 5.72. The molecule has 0 unspecified atom stereocenters. The second-order valence-corrected chi connectivity index (χ2v) is 7.13. The van der Waals surface area contributed by atoms with Gasteiger partial charge in [-0.05, 0) is 6.92 Å². The fraction of sp³-hybridized carbons (Fsp3) is 0.556. The van der Waals surface area contributed by atoms with Gasteiger partial charge in [-0.25, -0.2) is 19.9 Å². The van der Waals surface area contributed by atoms with E-state index in [0.29, 0.717) is 25.1 Å². The second-order valence-electron chi connectivity index (χ2n) is 7.13. The van der Waals surface area contributed by atoms with E-state index >= 15 is 0 Å². The number of aromatic nitrogens is 4. The number of anilines is 3. The van der Waals surface area contributed by atoms with Crippen LogP contribution in [0.4, 0.5) is 17.6 Å². The van der Waals surface area contributed by atoms with E-state index in [1.165, 1.54) is 5.56 Å². The molecule has 3 aliphatic heterocycles. The number of hydrogen-bond donors (Lipinski definition) is 1. The smallest absolute Gasteiger partial charge is 0.220 e. The molecule has 0 bridgehead atoms. The number of hydrogen-bond acceptors (Lipinski definition) is 9. The molecule has 0 aromatic carbocycles. The SMILES string of the molecule is Cc1nc(N)ncc1-c1nc(N2CCOCC2)c2c(n1)N1CCOC[C@@H]1C2. The van der Waals surface area contributed by atoms with Gasteiger partial charge in [-0.15, -0.1) is 0 Å². The Hall–Kier alpha value is -2.52. The zero-order chi connectivity index (χ0) is 18.4.